The van der Waals surface area contributed by atoms with Crippen molar-refractivity contribution in [1.82, 2.24) is 10.2 Å². The third kappa shape index (κ3) is 5.27. The van der Waals surface area contributed by atoms with Crippen LogP contribution >= 0.6 is 12.4 Å². The first kappa shape index (κ1) is 18.9. The van der Waals surface area contributed by atoms with Gasteiger partial charge in [-0.3, -0.25) is 9.69 Å². The van der Waals surface area contributed by atoms with Gasteiger partial charge in [0.05, 0.1) is 0 Å². The second kappa shape index (κ2) is 9.13. The standard InChI is InChI=1S/C17H27N3O.ClH/c1-13(10-18)17(21)19-14(2)16-8-9-20(12-16)11-15-6-4-3-5-7-15;/h3-7,13-14,16H,8-12,18H2,1-2H3,(H,19,21);1H. The van der Waals surface area contributed by atoms with Crippen LogP contribution in [0.5, 0.6) is 0 Å². The van der Waals surface area contributed by atoms with Crippen LogP contribution in [0.2, 0.25) is 0 Å². The highest BCUT2D eigenvalue weighted by molar-refractivity contribution is 5.85. The van der Waals surface area contributed by atoms with E-state index in [0.717, 1.165) is 26.1 Å². The van der Waals surface area contributed by atoms with Gasteiger partial charge in [0, 0.05) is 31.6 Å². The van der Waals surface area contributed by atoms with E-state index < -0.39 is 0 Å². The Hall–Kier alpha value is -1.10. The number of hydrogen-bond donors (Lipinski definition) is 2. The van der Waals surface area contributed by atoms with E-state index in [4.69, 9.17) is 5.73 Å². The molecule has 0 radical (unpaired) electrons. The van der Waals surface area contributed by atoms with Crippen LogP contribution < -0.4 is 11.1 Å². The maximum Gasteiger partial charge on any atom is 0.224 e. The zero-order valence-electron chi connectivity index (χ0n) is 13.5. The molecule has 1 saturated heterocycles. The Balaban J connectivity index is 0.00000242. The molecule has 124 valence electrons. The highest BCUT2D eigenvalue weighted by Gasteiger charge is 2.28. The summed E-state index contributed by atoms with van der Waals surface area (Å²) in [5.41, 5.74) is 6.89. The number of carbonyl (C=O) groups is 1. The van der Waals surface area contributed by atoms with Crippen LogP contribution in [-0.4, -0.2) is 36.5 Å². The lowest BCUT2D eigenvalue weighted by Crippen LogP contribution is -2.43. The minimum Gasteiger partial charge on any atom is -0.353 e. The van der Waals surface area contributed by atoms with Crippen LogP contribution in [0.1, 0.15) is 25.8 Å². The molecule has 0 aromatic heterocycles. The van der Waals surface area contributed by atoms with E-state index in [1.165, 1.54) is 5.56 Å². The summed E-state index contributed by atoms with van der Waals surface area (Å²) in [4.78, 5) is 14.4. The van der Waals surface area contributed by atoms with Crippen molar-refractivity contribution >= 4 is 18.3 Å². The van der Waals surface area contributed by atoms with Crippen molar-refractivity contribution in [2.24, 2.45) is 17.6 Å². The number of hydrogen-bond acceptors (Lipinski definition) is 3. The number of halogens is 1. The van der Waals surface area contributed by atoms with Crippen molar-refractivity contribution in [2.75, 3.05) is 19.6 Å². The van der Waals surface area contributed by atoms with Crippen LogP contribution in [0, 0.1) is 11.8 Å². The highest BCUT2D eigenvalue weighted by Crippen LogP contribution is 2.21. The maximum absolute atomic E-state index is 11.9. The van der Waals surface area contributed by atoms with Gasteiger partial charge in [0.15, 0.2) is 0 Å². The Morgan fingerprint density at radius 2 is 2.05 bits per heavy atom. The number of nitrogens with two attached hydrogens (primary N) is 1. The van der Waals surface area contributed by atoms with Gasteiger partial charge in [-0.15, -0.1) is 12.4 Å². The van der Waals surface area contributed by atoms with Crippen molar-refractivity contribution in [3.8, 4) is 0 Å². The molecular formula is C17H28ClN3O. The Bertz CT molecular complexity index is 454. The molecular weight excluding hydrogens is 298 g/mol. The minimum atomic E-state index is -0.103. The molecule has 1 heterocycles. The van der Waals surface area contributed by atoms with Gasteiger partial charge in [-0.2, -0.15) is 0 Å². The fourth-order valence-corrected chi connectivity index (χ4v) is 2.85. The predicted molar refractivity (Wildman–Crippen MR) is 92.9 cm³/mol. The summed E-state index contributed by atoms with van der Waals surface area (Å²) < 4.78 is 0. The van der Waals surface area contributed by atoms with E-state index in [0.29, 0.717) is 12.5 Å². The molecule has 2 rings (SSSR count). The van der Waals surface area contributed by atoms with Crippen molar-refractivity contribution < 1.29 is 4.79 Å². The lowest BCUT2D eigenvalue weighted by Gasteiger charge is -2.23. The summed E-state index contributed by atoms with van der Waals surface area (Å²) in [6.45, 7) is 7.54. The zero-order chi connectivity index (χ0) is 15.2. The van der Waals surface area contributed by atoms with Gasteiger partial charge in [0.1, 0.15) is 0 Å². The largest absolute Gasteiger partial charge is 0.353 e. The fourth-order valence-electron chi connectivity index (χ4n) is 2.85. The van der Waals surface area contributed by atoms with Crippen molar-refractivity contribution in [3.63, 3.8) is 0 Å². The lowest BCUT2D eigenvalue weighted by atomic mass is 9.99. The maximum atomic E-state index is 11.9. The van der Waals surface area contributed by atoms with Crippen molar-refractivity contribution in [2.45, 2.75) is 32.9 Å². The Labute approximate surface area is 139 Å². The predicted octanol–water partition coefficient (Wildman–Crippen LogP) is 2.03. The number of benzene rings is 1. The monoisotopic (exact) mass is 325 g/mol. The Kier molecular flexibility index (Phi) is 7.87. The third-order valence-electron chi connectivity index (χ3n) is 4.44. The van der Waals surface area contributed by atoms with E-state index in [1.54, 1.807) is 0 Å². The van der Waals surface area contributed by atoms with Gasteiger partial charge in [-0.1, -0.05) is 37.3 Å². The third-order valence-corrected chi connectivity index (χ3v) is 4.44. The van der Waals surface area contributed by atoms with Crippen LogP contribution in [0.15, 0.2) is 30.3 Å². The van der Waals surface area contributed by atoms with E-state index in [-0.39, 0.29) is 30.3 Å². The van der Waals surface area contributed by atoms with Gasteiger partial charge in [-0.05, 0) is 31.4 Å². The first-order chi connectivity index (χ1) is 10.1. The number of rotatable bonds is 6. The van der Waals surface area contributed by atoms with E-state index in [1.807, 2.05) is 13.0 Å². The summed E-state index contributed by atoms with van der Waals surface area (Å²) in [5.74, 6) is 0.503. The molecule has 1 fully saturated rings. The molecule has 22 heavy (non-hydrogen) atoms. The van der Waals surface area contributed by atoms with Gasteiger partial charge < -0.3 is 11.1 Å². The summed E-state index contributed by atoms with van der Waals surface area (Å²) in [5, 5.41) is 3.11. The van der Waals surface area contributed by atoms with Crippen LogP contribution in [0.25, 0.3) is 0 Å². The molecule has 0 bridgehead atoms. The van der Waals surface area contributed by atoms with Gasteiger partial charge in [0.2, 0.25) is 5.91 Å². The average Bonchev–Trinajstić information content (AvgIpc) is 2.96. The molecule has 4 nitrogen and oxygen atoms in total. The molecule has 3 N–H and O–H groups in total. The highest BCUT2D eigenvalue weighted by atomic mass is 35.5. The topological polar surface area (TPSA) is 58.4 Å². The van der Waals surface area contributed by atoms with Gasteiger partial charge >= 0.3 is 0 Å². The van der Waals surface area contributed by atoms with Gasteiger partial charge in [-0.25, -0.2) is 0 Å². The number of likely N-dealkylation sites (tertiary alicyclic amines) is 1. The number of amides is 1. The fraction of sp³-hybridized carbons (Fsp3) is 0.588. The lowest BCUT2D eigenvalue weighted by molar-refractivity contribution is -0.125. The normalized spacial score (nSPS) is 21.0. The first-order valence-corrected chi connectivity index (χ1v) is 7.87. The van der Waals surface area contributed by atoms with E-state index in [2.05, 4.69) is 41.4 Å². The van der Waals surface area contributed by atoms with E-state index in [9.17, 15) is 4.79 Å². The summed E-state index contributed by atoms with van der Waals surface area (Å²) >= 11 is 0. The quantitative estimate of drug-likeness (QED) is 0.841. The number of carbonyl (C=O) groups excluding carboxylic acids is 1. The second-order valence-corrected chi connectivity index (χ2v) is 6.20. The SMILES string of the molecule is CC(CN)C(=O)NC(C)C1CCN(Cc2ccccc2)C1.Cl. The first-order valence-electron chi connectivity index (χ1n) is 7.87. The Morgan fingerprint density at radius 3 is 2.68 bits per heavy atom. The zero-order valence-corrected chi connectivity index (χ0v) is 14.3. The molecule has 0 saturated carbocycles. The molecule has 1 aliphatic heterocycles. The molecule has 1 amide bonds. The molecule has 0 aliphatic carbocycles. The van der Waals surface area contributed by atoms with Gasteiger partial charge in [0.25, 0.3) is 0 Å². The molecule has 1 aromatic rings. The molecule has 1 aromatic carbocycles. The number of nitrogens with zero attached hydrogens (tertiary/aromatic N) is 1. The second-order valence-electron chi connectivity index (χ2n) is 6.20. The summed E-state index contributed by atoms with van der Waals surface area (Å²) in [7, 11) is 0. The van der Waals surface area contributed by atoms with E-state index >= 15 is 0 Å². The molecule has 1 aliphatic rings. The average molecular weight is 326 g/mol. The molecule has 3 unspecified atom stereocenters. The Morgan fingerprint density at radius 1 is 1.36 bits per heavy atom. The smallest absolute Gasteiger partial charge is 0.224 e. The summed E-state index contributed by atoms with van der Waals surface area (Å²) in [6, 6.07) is 10.8. The molecule has 5 heteroatoms. The van der Waals surface area contributed by atoms with Crippen LogP contribution in [-0.2, 0) is 11.3 Å². The van der Waals surface area contributed by atoms with Crippen molar-refractivity contribution in [1.29, 1.82) is 0 Å². The molecule has 0 spiro atoms. The number of nitrogens with one attached hydrogen (secondary N) is 1. The van der Waals surface area contributed by atoms with Crippen LogP contribution in [0.4, 0.5) is 0 Å². The van der Waals surface area contributed by atoms with Crippen LogP contribution in [0.3, 0.4) is 0 Å². The van der Waals surface area contributed by atoms with Crippen molar-refractivity contribution in [3.05, 3.63) is 35.9 Å². The summed E-state index contributed by atoms with van der Waals surface area (Å²) in [6.07, 6.45) is 1.14. The minimum absolute atomic E-state index is 0. The molecule has 3 atom stereocenters.